The van der Waals surface area contributed by atoms with Gasteiger partial charge in [0.25, 0.3) is 5.91 Å². The van der Waals surface area contributed by atoms with Gasteiger partial charge in [-0.1, -0.05) is 25.7 Å². The van der Waals surface area contributed by atoms with Gasteiger partial charge in [0.05, 0.1) is 11.2 Å². The molecule has 4 N–H and O–H groups in total. The standard InChI is InChI=1S/C16H25N3O2/c1-11-9-13(14(15(17)20)12(2)19-11)21-10-16(18)7-5-3-4-6-8-16/h9H,3-8,10,18H2,1-2H3,(H2,17,20). The summed E-state index contributed by atoms with van der Waals surface area (Å²) in [6.45, 7) is 4.05. The molecule has 0 aliphatic heterocycles. The van der Waals surface area contributed by atoms with Crippen LogP contribution in [0.1, 0.15) is 60.3 Å². The van der Waals surface area contributed by atoms with Crippen LogP contribution in [0.3, 0.4) is 0 Å². The molecule has 1 fully saturated rings. The lowest BCUT2D eigenvalue weighted by molar-refractivity contribution is 0.0992. The normalized spacial score (nSPS) is 18.0. The number of hydrogen-bond donors (Lipinski definition) is 2. The molecule has 0 radical (unpaired) electrons. The van der Waals surface area contributed by atoms with Crippen molar-refractivity contribution in [3.63, 3.8) is 0 Å². The number of amides is 1. The molecule has 0 bridgehead atoms. The molecule has 5 heteroatoms. The Hall–Kier alpha value is -1.62. The van der Waals surface area contributed by atoms with Crippen LogP contribution in [0.25, 0.3) is 0 Å². The summed E-state index contributed by atoms with van der Waals surface area (Å²) in [6.07, 6.45) is 6.66. The fourth-order valence-corrected chi connectivity index (χ4v) is 3.00. The van der Waals surface area contributed by atoms with Crippen LogP contribution in [-0.4, -0.2) is 23.0 Å². The van der Waals surface area contributed by atoms with E-state index in [1.165, 1.54) is 12.8 Å². The summed E-state index contributed by atoms with van der Waals surface area (Å²) in [7, 11) is 0. The van der Waals surface area contributed by atoms with Gasteiger partial charge in [-0.2, -0.15) is 0 Å². The number of carbonyl (C=O) groups is 1. The van der Waals surface area contributed by atoms with Crippen molar-refractivity contribution >= 4 is 5.91 Å². The van der Waals surface area contributed by atoms with Gasteiger partial charge in [-0.05, 0) is 26.7 Å². The van der Waals surface area contributed by atoms with Gasteiger partial charge >= 0.3 is 0 Å². The van der Waals surface area contributed by atoms with Gasteiger partial charge in [0.2, 0.25) is 0 Å². The van der Waals surface area contributed by atoms with Gasteiger partial charge in [-0.25, -0.2) is 0 Å². The summed E-state index contributed by atoms with van der Waals surface area (Å²) in [4.78, 5) is 15.9. The average molecular weight is 291 g/mol. The second-order valence-electron chi connectivity index (χ2n) is 6.15. The number of nitrogens with two attached hydrogens (primary N) is 2. The minimum absolute atomic E-state index is 0.309. The van der Waals surface area contributed by atoms with E-state index < -0.39 is 5.91 Å². The zero-order valence-electron chi connectivity index (χ0n) is 12.9. The number of pyridine rings is 1. The molecule has 5 nitrogen and oxygen atoms in total. The summed E-state index contributed by atoms with van der Waals surface area (Å²) >= 11 is 0. The van der Waals surface area contributed by atoms with E-state index in [1.54, 1.807) is 13.0 Å². The molecule has 116 valence electrons. The predicted molar refractivity (Wildman–Crippen MR) is 82.3 cm³/mol. The highest BCUT2D eigenvalue weighted by atomic mass is 16.5. The van der Waals surface area contributed by atoms with E-state index in [1.807, 2.05) is 6.92 Å². The molecule has 1 aromatic heterocycles. The maximum Gasteiger partial charge on any atom is 0.254 e. The largest absolute Gasteiger partial charge is 0.491 e. The van der Waals surface area contributed by atoms with E-state index in [0.29, 0.717) is 23.6 Å². The highest BCUT2D eigenvalue weighted by molar-refractivity contribution is 5.96. The molecule has 21 heavy (non-hydrogen) atoms. The highest BCUT2D eigenvalue weighted by Crippen LogP contribution is 2.28. The van der Waals surface area contributed by atoms with Crippen LogP contribution in [0, 0.1) is 13.8 Å². The molecule has 0 aromatic carbocycles. The lowest BCUT2D eigenvalue weighted by Crippen LogP contribution is -2.45. The number of ether oxygens (including phenoxy) is 1. The molecule has 0 atom stereocenters. The number of aryl methyl sites for hydroxylation is 2. The van der Waals surface area contributed by atoms with Crippen LogP contribution < -0.4 is 16.2 Å². The lowest BCUT2D eigenvalue weighted by atomic mass is 9.92. The van der Waals surface area contributed by atoms with E-state index in [9.17, 15) is 4.79 Å². The zero-order valence-corrected chi connectivity index (χ0v) is 12.9. The quantitative estimate of drug-likeness (QED) is 0.832. The first-order valence-electron chi connectivity index (χ1n) is 7.61. The monoisotopic (exact) mass is 291 g/mol. The van der Waals surface area contributed by atoms with Gasteiger partial charge in [0.1, 0.15) is 17.9 Å². The fourth-order valence-electron chi connectivity index (χ4n) is 3.00. The van der Waals surface area contributed by atoms with Gasteiger partial charge in [-0.15, -0.1) is 0 Å². The molecule has 1 aliphatic rings. The van der Waals surface area contributed by atoms with E-state index in [0.717, 1.165) is 31.4 Å². The Morgan fingerprint density at radius 2 is 1.90 bits per heavy atom. The molecule has 0 saturated heterocycles. The molecule has 1 saturated carbocycles. The van der Waals surface area contributed by atoms with Gasteiger partial charge in [0.15, 0.2) is 0 Å². The van der Waals surface area contributed by atoms with E-state index in [2.05, 4.69) is 4.98 Å². The van der Waals surface area contributed by atoms with Crippen molar-refractivity contribution in [2.75, 3.05) is 6.61 Å². The molecule has 2 rings (SSSR count). The number of carbonyl (C=O) groups excluding carboxylic acids is 1. The topological polar surface area (TPSA) is 91.2 Å². The smallest absolute Gasteiger partial charge is 0.254 e. The van der Waals surface area contributed by atoms with E-state index in [-0.39, 0.29) is 5.54 Å². The van der Waals surface area contributed by atoms with Crippen molar-refractivity contribution in [3.05, 3.63) is 23.0 Å². The Kier molecular flexibility index (Phi) is 4.83. The van der Waals surface area contributed by atoms with Crippen LogP contribution in [0.2, 0.25) is 0 Å². The Bertz CT molecular complexity index is 520. The average Bonchev–Trinajstić information content (AvgIpc) is 2.60. The summed E-state index contributed by atoms with van der Waals surface area (Å²) in [5, 5.41) is 0. The zero-order chi connectivity index (χ0) is 15.5. The third kappa shape index (κ3) is 3.94. The minimum atomic E-state index is -0.512. The van der Waals surface area contributed by atoms with Crippen LogP contribution in [0.5, 0.6) is 5.75 Å². The summed E-state index contributed by atoms with van der Waals surface area (Å²) in [5.74, 6) is -0.0106. The number of hydrogen-bond acceptors (Lipinski definition) is 4. The molecular formula is C16H25N3O2. The van der Waals surface area contributed by atoms with E-state index in [4.69, 9.17) is 16.2 Å². The molecule has 1 aliphatic carbocycles. The maximum absolute atomic E-state index is 11.6. The second-order valence-corrected chi connectivity index (χ2v) is 6.15. The van der Waals surface area contributed by atoms with Crippen molar-refractivity contribution in [3.8, 4) is 5.75 Å². The first kappa shape index (κ1) is 15.8. The van der Waals surface area contributed by atoms with Crippen molar-refractivity contribution in [1.82, 2.24) is 4.98 Å². The van der Waals surface area contributed by atoms with Gasteiger partial charge in [0, 0.05) is 11.8 Å². The van der Waals surface area contributed by atoms with Crippen molar-refractivity contribution in [2.24, 2.45) is 11.5 Å². The molecular weight excluding hydrogens is 266 g/mol. The third-order valence-corrected chi connectivity index (χ3v) is 4.15. The van der Waals surface area contributed by atoms with Crippen molar-refractivity contribution in [2.45, 2.75) is 57.9 Å². The lowest BCUT2D eigenvalue weighted by Gasteiger charge is -2.28. The number of primary amides is 1. The van der Waals surface area contributed by atoms with Crippen LogP contribution in [-0.2, 0) is 0 Å². The first-order valence-corrected chi connectivity index (χ1v) is 7.61. The third-order valence-electron chi connectivity index (χ3n) is 4.15. The second kappa shape index (κ2) is 6.43. The van der Waals surface area contributed by atoms with Gasteiger partial charge in [-0.3, -0.25) is 9.78 Å². The predicted octanol–water partition coefficient (Wildman–Crippen LogP) is 2.23. The van der Waals surface area contributed by atoms with E-state index >= 15 is 0 Å². The van der Waals surface area contributed by atoms with Crippen LogP contribution >= 0.6 is 0 Å². The molecule has 0 spiro atoms. The molecule has 0 unspecified atom stereocenters. The van der Waals surface area contributed by atoms with Crippen LogP contribution in [0.15, 0.2) is 6.07 Å². The minimum Gasteiger partial charge on any atom is -0.491 e. The van der Waals surface area contributed by atoms with Crippen molar-refractivity contribution in [1.29, 1.82) is 0 Å². The molecule has 1 aromatic rings. The number of rotatable bonds is 4. The fraction of sp³-hybridized carbons (Fsp3) is 0.625. The first-order chi connectivity index (χ1) is 9.91. The summed E-state index contributed by atoms with van der Waals surface area (Å²) in [5.41, 5.74) is 13.4. The number of nitrogens with zero attached hydrogens (tertiary/aromatic N) is 1. The number of aromatic nitrogens is 1. The van der Waals surface area contributed by atoms with Crippen LogP contribution in [0.4, 0.5) is 0 Å². The molecule has 1 amide bonds. The highest BCUT2D eigenvalue weighted by Gasteiger charge is 2.28. The maximum atomic E-state index is 11.6. The molecule has 1 heterocycles. The Balaban J connectivity index is 2.17. The summed E-state index contributed by atoms with van der Waals surface area (Å²) < 4.78 is 5.89. The SMILES string of the molecule is Cc1cc(OCC2(N)CCCCCC2)c(C(N)=O)c(C)n1. The Labute approximate surface area is 126 Å². The van der Waals surface area contributed by atoms with Crippen molar-refractivity contribution < 1.29 is 9.53 Å². The Morgan fingerprint density at radius 1 is 1.29 bits per heavy atom. The van der Waals surface area contributed by atoms with Gasteiger partial charge < -0.3 is 16.2 Å². The summed E-state index contributed by atoms with van der Waals surface area (Å²) in [6, 6.07) is 1.76. The Morgan fingerprint density at radius 3 is 2.48 bits per heavy atom.